The molecule has 1 aromatic carbocycles. The van der Waals surface area contributed by atoms with E-state index in [4.69, 9.17) is 5.11 Å². The molecular weight excluding hydrogens is 300 g/mol. The van der Waals surface area contributed by atoms with Crippen LogP contribution in [-0.4, -0.2) is 39.9 Å². The molecular formula is C16H18N2O5. The number of nitro groups is 1. The molecule has 1 aliphatic carbocycles. The minimum absolute atomic E-state index is 0.0967. The lowest BCUT2D eigenvalue weighted by Crippen LogP contribution is -2.40. The quantitative estimate of drug-likeness (QED) is 0.680. The molecule has 0 aromatic heterocycles. The van der Waals surface area contributed by atoms with E-state index in [-0.39, 0.29) is 22.9 Å². The first kappa shape index (κ1) is 15.5. The molecule has 3 rings (SSSR count). The number of aryl methyl sites for hydroxylation is 1. The maximum absolute atomic E-state index is 12.6. The van der Waals surface area contributed by atoms with Gasteiger partial charge in [-0.3, -0.25) is 19.7 Å². The molecule has 2 aliphatic rings. The second kappa shape index (κ2) is 5.33. The third-order valence-corrected chi connectivity index (χ3v) is 5.20. The fourth-order valence-electron chi connectivity index (χ4n) is 3.53. The Hall–Kier alpha value is -2.44. The molecule has 1 saturated carbocycles. The molecule has 1 unspecified atom stereocenters. The van der Waals surface area contributed by atoms with Gasteiger partial charge < -0.3 is 10.0 Å². The Morgan fingerprint density at radius 1 is 1.35 bits per heavy atom. The standard InChI is InChI=1S/C16H18N2O5/c1-10-2-3-11(18(22)23)8-12(10)14(19)17-6-4-16(5-7-17)9-13(16)15(20)21/h2-3,8,13H,4-7,9H2,1H3,(H,20,21). The van der Waals surface area contributed by atoms with E-state index in [1.807, 2.05) is 0 Å². The number of non-ortho nitro benzene ring substituents is 1. The fraction of sp³-hybridized carbons (Fsp3) is 0.500. The van der Waals surface area contributed by atoms with Gasteiger partial charge in [0.25, 0.3) is 11.6 Å². The van der Waals surface area contributed by atoms with E-state index >= 15 is 0 Å². The lowest BCUT2D eigenvalue weighted by Gasteiger charge is -2.33. The van der Waals surface area contributed by atoms with Crippen molar-refractivity contribution < 1.29 is 19.6 Å². The molecule has 7 nitrogen and oxygen atoms in total. The summed E-state index contributed by atoms with van der Waals surface area (Å²) in [6.45, 7) is 2.76. The molecule has 7 heteroatoms. The van der Waals surface area contributed by atoms with Crippen molar-refractivity contribution in [1.29, 1.82) is 0 Å². The number of nitrogens with zero attached hydrogens (tertiary/aromatic N) is 2. The van der Waals surface area contributed by atoms with Crippen LogP contribution < -0.4 is 0 Å². The van der Waals surface area contributed by atoms with E-state index in [0.717, 1.165) is 0 Å². The van der Waals surface area contributed by atoms with Gasteiger partial charge in [-0.25, -0.2) is 0 Å². The molecule has 23 heavy (non-hydrogen) atoms. The number of benzene rings is 1. The van der Waals surface area contributed by atoms with Crippen molar-refractivity contribution in [2.24, 2.45) is 11.3 Å². The number of likely N-dealkylation sites (tertiary alicyclic amines) is 1. The topological polar surface area (TPSA) is 101 Å². The summed E-state index contributed by atoms with van der Waals surface area (Å²) in [5.74, 6) is -1.24. The Balaban J connectivity index is 1.72. The summed E-state index contributed by atoms with van der Waals surface area (Å²) in [4.78, 5) is 35.7. The monoisotopic (exact) mass is 318 g/mol. The first-order chi connectivity index (χ1) is 10.8. The molecule has 0 radical (unpaired) electrons. The summed E-state index contributed by atoms with van der Waals surface area (Å²) in [5, 5.41) is 20.0. The predicted molar refractivity (Wildman–Crippen MR) is 81.1 cm³/mol. The van der Waals surface area contributed by atoms with Crippen molar-refractivity contribution in [3.05, 3.63) is 39.4 Å². The van der Waals surface area contributed by atoms with E-state index in [0.29, 0.717) is 43.5 Å². The second-order valence-corrected chi connectivity index (χ2v) is 6.51. The van der Waals surface area contributed by atoms with Crippen LogP contribution in [0.2, 0.25) is 0 Å². The molecule has 1 aliphatic heterocycles. The lowest BCUT2D eigenvalue weighted by atomic mass is 9.90. The summed E-state index contributed by atoms with van der Waals surface area (Å²) >= 11 is 0. The average molecular weight is 318 g/mol. The van der Waals surface area contributed by atoms with Gasteiger partial charge in [-0.1, -0.05) is 6.07 Å². The van der Waals surface area contributed by atoms with Crippen LogP contribution in [-0.2, 0) is 4.79 Å². The summed E-state index contributed by atoms with van der Waals surface area (Å²) in [7, 11) is 0. The van der Waals surface area contributed by atoms with Gasteiger partial charge in [0.2, 0.25) is 0 Å². The SMILES string of the molecule is Cc1ccc([N+](=O)[O-])cc1C(=O)N1CCC2(CC1)CC2C(=O)O. The van der Waals surface area contributed by atoms with Gasteiger partial charge in [0, 0.05) is 30.8 Å². The highest BCUT2D eigenvalue weighted by Crippen LogP contribution is 2.59. The number of rotatable bonds is 3. The van der Waals surface area contributed by atoms with Gasteiger partial charge in [0.05, 0.1) is 10.8 Å². The van der Waals surface area contributed by atoms with Crippen LogP contribution in [0.15, 0.2) is 18.2 Å². The largest absolute Gasteiger partial charge is 0.481 e. The van der Waals surface area contributed by atoms with E-state index in [1.165, 1.54) is 12.1 Å². The van der Waals surface area contributed by atoms with Gasteiger partial charge in [-0.15, -0.1) is 0 Å². The Kier molecular flexibility index (Phi) is 3.58. The van der Waals surface area contributed by atoms with Crippen LogP contribution in [0.1, 0.15) is 35.2 Å². The highest BCUT2D eigenvalue weighted by atomic mass is 16.6. The van der Waals surface area contributed by atoms with Crippen LogP contribution in [0, 0.1) is 28.4 Å². The van der Waals surface area contributed by atoms with Crippen molar-refractivity contribution in [3.63, 3.8) is 0 Å². The molecule has 1 atom stereocenters. The number of piperidine rings is 1. The first-order valence-corrected chi connectivity index (χ1v) is 7.61. The van der Waals surface area contributed by atoms with Gasteiger partial charge >= 0.3 is 5.97 Å². The second-order valence-electron chi connectivity index (χ2n) is 6.51. The van der Waals surface area contributed by atoms with Crippen LogP contribution in [0.25, 0.3) is 0 Å². The van der Waals surface area contributed by atoms with E-state index in [2.05, 4.69) is 0 Å². The Bertz CT molecular complexity index is 692. The Morgan fingerprint density at radius 2 is 2.00 bits per heavy atom. The number of hydrogen-bond acceptors (Lipinski definition) is 4. The number of aliphatic carboxylic acids is 1. The number of hydrogen-bond donors (Lipinski definition) is 1. The van der Waals surface area contributed by atoms with Gasteiger partial charge in [0.15, 0.2) is 0 Å². The molecule has 1 heterocycles. The molecule has 2 fully saturated rings. The van der Waals surface area contributed by atoms with Gasteiger partial charge in [-0.05, 0) is 37.2 Å². The summed E-state index contributed by atoms with van der Waals surface area (Å²) in [6, 6.07) is 4.29. The minimum Gasteiger partial charge on any atom is -0.481 e. The molecule has 1 N–H and O–H groups in total. The third-order valence-electron chi connectivity index (χ3n) is 5.20. The number of amides is 1. The fourth-order valence-corrected chi connectivity index (χ4v) is 3.53. The summed E-state index contributed by atoms with van der Waals surface area (Å²) in [6.07, 6.45) is 2.06. The van der Waals surface area contributed by atoms with E-state index in [9.17, 15) is 19.7 Å². The predicted octanol–water partition coefficient (Wildman–Crippen LogP) is 2.23. The van der Waals surface area contributed by atoms with Gasteiger partial charge in [0.1, 0.15) is 0 Å². The van der Waals surface area contributed by atoms with E-state index < -0.39 is 10.9 Å². The maximum atomic E-state index is 12.6. The van der Waals surface area contributed by atoms with Crippen molar-refractivity contribution in [2.45, 2.75) is 26.2 Å². The molecule has 0 bridgehead atoms. The first-order valence-electron chi connectivity index (χ1n) is 7.61. The molecule has 1 aromatic rings. The third kappa shape index (κ3) is 2.67. The summed E-state index contributed by atoms with van der Waals surface area (Å²) < 4.78 is 0. The summed E-state index contributed by atoms with van der Waals surface area (Å²) in [5.41, 5.74) is 0.817. The zero-order valence-electron chi connectivity index (χ0n) is 12.8. The zero-order chi connectivity index (χ0) is 16.8. The number of nitro benzene ring substituents is 1. The van der Waals surface area contributed by atoms with Crippen LogP contribution in [0.3, 0.4) is 0 Å². The minimum atomic E-state index is -0.751. The van der Waals surface area contributed by atoms with Gasteiger partial charge in [-0.2, -0.15) is 0 Å². The number of carbonyl (C=O) groups excluding carboxylic acids is 1. The smallest absolute Gasteiger partial charge is 0.307 e. The van der Waals surface area contributed by atoms with E-state index in [1.54, 1.807) is 17.9 Å². The lowest BCUT2D eigenvalue weighted by molar-refractivity contribution is -0.384. The van der Waals surface area contributed by atoms with Crippen molar-refractivity contribution in [3.8, 4) is 0 Å². The number of carboxylic acid groups (broad SMARTS) is 1. The molecule has 1 amide bonds. The maximum Gasteiger partial charge on any atom is 0.307 e. The average Bonchev–Trinajstić information content (AvgIpc) is 3.21. The molecule has 122 valence electrons. The molecule has 1 saturated heterocycles. The highest BCUT2D eigenvalue weighted by Gasteiger charge is 2.59. The van der Waals surface area contributed by atoms with Crippen LogP contribution in [0.5, 0.6) is 0 Å². The molecule has 1 spiro atoms. The van der Waals surface area contributed by atoms with Crippen molar-refractivity contribution in [1.82, 2.24) is 4.90 Å². The Labute approximate surface area is 133 Å². The van der Waals surface area contributed by atoms with Crippen LogP contribution in [0.4, 0.5) is 5.69 Å². The highest BCUT2D eigenvalue weighted by molar-refractivity contribution is 5.96. The Morgan fingerprint density at radius 3 is 2.52 bits per heavy atom. The zero-order valence-corrected chi connectivity index (χ0v) is 12.8. The number of carbonyl (C=O) groups is 2. The van der Waals surface area contributed by atoms with Crippen LogP contribution >= 0.6 is 0 Å². The van der Waals surface area contributed by atoms with Crippen molar-refractivity contribution >= 4 is 17.6 Å². The van der Waals surface area contributed by atoms with Crippen molar-refractivity contribution in [2.75, 3.05) is 13.1 Å². The normalized spacial score (nSPS) is 22.0. The number of carboxylic acids is 1.